The lowest BCUT2D eigenvalue weighted by molar-refractivity contribution is -0.136. The van der Waals surface area contributed by atoms with Crippen LogP contribution in [0.4, 0.5) is 5.69 Å². The van der Waals surface area contributed by atoms with Crippen molar-refractivity contribution in [2.24, 2.45) is 23.2 Å². The third kappa shape index (κ3) is 5.39. The maximum atomic E-state index is 12.0. The molecule has 0 aliphatic heterocycles. The van der Waals surface area contributed by atoms with E-state index in [-0.39, 0.29) is 12.0 Å². The van der Waals surface area contributed by atoms with Crippen LogP contribution in [0.1, 0.15) is 65.2 Å². The zero-order chi connectivity index (χ0) is 23.3. The van der Waals surface area contributed by atoms with Gasteiger partial charge in [0, 0.05) is 17.3 Å². The van der Waals surface area contributed by atoms with Crippen molar-refractivity contribution in [1.82, 2.24) is 0 Å². The number of carbonyl (C=O) groups excluding carboxylic acids is 1. The predicted octanol–water partition coefficient (Wildman–Crippen LogP) is 6.78. The summed E-state index contributed by atoms with van der Waals surface area (Å²) in [6, 6.07) is 8.07. The quantitative estimate of drug-likeness (QED) is 0.248. The first kappa shape index (κ1) is 24.4. The van der Waals surface area contributed by atoms with Crippen molar-refractivity contribution in [3.05, 3.63) is 48.6 Å². The monoisotopic (exact) mass is 439 g/mol. The highest BCUT2D eigenvalue weighted by atomic mass is 16.5. The van der Waals surface area contributed by atoms with Crippen molar-refractivity contribution in [3.63, 3.8) is 0 Å². The molecule has 1 N–H and O–H groups in total. The van der Waals surface area contributed by atoms with Crippen molar-refractivity contribution in [2.75, 3.05) is 19.5 Å². The Balaban J connectivity index is 1.66. The molecule has 32 heavy (non-hydrogen) atoms. The van der Waals surface area contributed by atoms with E-state index >= 15 is 0 Å². The van der Waals surface area contributed by atoms with E-state index < -0.39 is 0 Å². The fraction of sp³-hybridized carbons (Fsp3) is 0.607. The van der Waals surface area contributed by atoms with Crippen molar-refractivity contribution in [3.8, 4) is 5.75 Å². The molecule has 2 aliphatic rings. The molecule has 0 amide bonds. The van der Waals surface area contributed by atoms with Gasteiger partial charge in [0.1, 0.15) is 5.75 Å². The van der Waals surface area contributed by atoms with Crippen LogP contribution >= 0.6 is 0 Å². The Hall–Kier alpha value is -2.23. The molecule has 2 fully saturated rings. The molecule has 0 bridgehead atoms. The number of benzene rings is 1. The van der Waals surface area contributed by atoms with Crippen LogP contribution < -0.4 is 10.1 Å². The second-order valence-corrected chi connectivity index (χ2v) is 10.2. The first-order valence-corrected chi connectivity index (χ1v) is 12.1. The lowest BCUT2D eigenvalue weighted by Gasteiger charge is -2.44. The van der Waals surface area contributed by atoms with Gasteiger partial charge in [-0.25, -0.2) is 4.79 Å². The number of ether oxygens (including phenoxy) is 2. The summed E-state index contributed by atoms with van der Waals surface area (Å²) in [6.45, 7) is 13.3. The van der Waals surface area contributed by atoms with Crippen LogP contribution in [-0.2, 0) is 9.53 Å². The first-order valence-electron chi connectivity index (χ1n) is 12.1. The highest BCUT2D eigenvalue weighted by molar-refractivity contribution is 5.87. The lowest BCUT2D eigenvalue weighted by Crippen LogP contribution is -2.36. The molecule has 4 heteroatoms. The number of hydrogen-bond acceptors (Lipinski definition) is 4. The summed E-state index contributed by atoms with van der Waals surface area (Å²) in [5.41, 5.74) is 3.44. The van der Waals surface area contributed by atoms with Gasteiger partial charge in [0.05, 0.1) is 14.2 Å². The normalized spacial score (nSPS) is 26.7. The number of nitrogens with one attached hydrogen (secondary N) is 1. The Kier molecular flexibility index (Phi) is 8.08. The molecular weight excluding hydrogens is 398 g/mol. The number of fused-ring (bicyclic) bond motifs is 1. The second-order valence-electron chi connectivity index (χ2n) is 10.2. The Labute approximate surface area is 194 Å². The lowest BCUT2D eigenvalue weighted by atomic mass is 9.61. The Bertz CT molecular complexity index is 814. The topological polar surface area (TPSA) is 47.6 Å². The van der Waals surface area contributed by atoms with E-state index in [1.165, 1.54) is 44.8 Å². The van der Waals surface area contributed by atoms with Crippen molar-refractivity contribution >= 4 is 11.7 Å². The molecule has 1 aromatic rings. The molecule has 0 saturated heterocycles. The summed E-state index contributed by atoms with van der Waals surface area (Å²) in [7, 11) is 3.08. The Morgan fingerprint density at radius 3 is 2.59 bits per heavy atom. The summed E-state index contributed by atoms with van der Waals surface area (Å²) in [5.74, 6) is 2.60. The molecule has 4 nitrogen and oxygen atoms in total. The summed E-state index contributed by atoms with van der Waals surface area (Å²) < 4.78 is 10.2. The third-order valence-corrected chi connectivity index (χ3v) is 8.20. The zero-order valence-electron chi connectivity index (χ0n) is 20.4. The van der Waals surface area contributed by atoms with Gasteiger partial charge in [-0.05, 0) is 98.8 Å². The molecule has 2 aliphatic carbocycles. The maximum absolute atomic E-state index is 12.0. The minimum atomic E-state index is -0.327. The maximum Gasteiger partial charge on any atom is 0.333 e. The van der Waals surface area contributed by atoms with E-state index in [2.05, 4.69) is 32.3 Å². The van der Waals surface area contributed by atoms with E-state index in [1.54, 1.807) is 7.11 Å². The molecule has 2 saturated carbocycles. The summed E-state index contributed by atoms with van der Waals surface area (Å²) in [4.78, 5) is 12.0. The fourth-order valence-electron chi connectivity index (χ4n) is 6.44. The molecule has 0 spiro atoms. The van der Waals surface area contributed by atoms with Gasteiger partial charge in [-0.3, -0.25) is 0 Å². The van der Waals surface area contributed by atoms with Crippen LogP contribution in [0.3, 0.4) is 0 Å². The van der Waals surface area contributed by atoms with E-state index in [0.29, 0.717) is 29.2 Å². The van der Waals surface area contributed by atoms with Crippen molar-refractivity contribution < 1.29 is 14.3 Å². The molecule has 0 aromatic heterocycles. The van der Waals surface area contributed by atoms with Gasteiger partial charge >= 0.3 is 5.97 Å². The Morgan fingerprint density at radius 1 is 1.22 bits per heavy atom. The molecule has 176 valence electrons. The number of rotatable bonds is 10. The predicted molar refractivity (Wildman–Crippen MR) is 132 cm³/mol. The van der Waals surface area contributed by atoms with E-state index in [9.17, 15) is 4.79 Å². The van der Waals surface area contributed by atoms with Crippen molar-refractivity contribution in [2.45, 2.75) is 71.3 Å². The van der Waals surface area contributed by atoms with E-state index in [0.717, 1.165) is 30.2 Å². The zero-order valence-corrected chi connectivity index (χ0v) is 20.4. The number of allylic oxidation sites excluding steroid dienone is 1. The molecular formula is C28H41NO3. The molecule has 3 rings (SSSR count). The first-order chi connectivity index (χ1) is 15.3. The number of esters is 1. The smallest absolute Gasteiger partial charge is 0.333 e. The van der Waals surface area contributed by atoms with Crippen LogP contribution in [0, 0.1) is 23.2 Å². The van der Waals surface area contributed by atoms with E-state index in [1.807, 2.05) is 24.3 Å². The molecule has 0 radical (unpaired) electrons. The van der Waals surface area contributed by atoms with Gasteiger partial charge in [-0.2, -0.15) is 0 Å². The second kappa shape index (κ2) is 10.6. The fourth-order valence-corrected chi connectivity index (χ4v) is 6.44. The van der Waals surface area contributed by atoms with Crippen molar-refractivity contribution in [1.29, 1.82) is 0 Å². The summed E-state index contributed by atoms with van der Waals surface area (Å²) >= 11 is 0. The van der Waals surface area contributed by atoms with Gasteiger partial charge in [-0.15, -0.1) is 0 Å². The van der Waals surface area contributed by atoms with Gasteiger partial charge < -0.3 is 14.8 Å². The minimum absolute atomic E-state index is 0.128. The average Bonchev–Trinajstić information content (AvgIpc) is 3.15. The SMILES string of the molecule is C=C(CC(CCC(C)C1CCC2C(=C)CCCC21C)Nc1ccc(OC)cc1)C(=O)OC. The van der Waals surface area contributed by atoms with Gasteiger partial charge in [0.25, 0.3) is 0 Å². The average molecular weight is 440 g/mol. The molecule has 1 aromatic carbocycles. The van der Waals surface area contributed by atoms with E-state index in [4.69, 9.17) is 9.47 Å². The molecule has 0 heterocycles. The molecule has 5 atom stereocenters. The van der Waals surface area contributed by atoms with Crippen LogP contribution in [0.25, 0.3) is 0 Å². The van der Waals surface area contributed by atoms with Gasteiger partial charge in [-0.1, -0.05) is 32.6 Å². The van der Waals surface area contributed by atoms with Crippen LogP contribution in [0.15, 0.2) is 48.6 Å². The number of hydrogen-bond donors (Lipinski definition) is 1. The standard InChI is InChI=1S/C28H41NO3/c1-19-8-7-17-28(4)25(19)15-16-26(28)20(2)9-10-23(18-21(3)27(30)32-6)29-22-11-13-24(31-5)14-12-22/h11-14,20,23,25-26,29H,1,3,7-10,15-18H2,2,4-6H3. The summed E-state index contributed by atoms with van der Waals surface area (Å²) in [6.07, 6.45) is 9.14. The van der Waals surface area contributed by atoms with Crippen LogP contribution in [0.5, 0.6) is 5.75 Å². The number of methoxy groups -OCH3 is 2. The van der Waals surface area contributed by atoms with Gasteiger partial charge in [0.2, 0.25) is 0 Å². The highest BCUT2D eigenvalue weighted by Crippen LogP contribution is 2.59. The minimum Gasteiger partial charge on any atom is -0.497 e. The highest BCUT2D eigenvalue weighted by Gasteiger charge is 2.50. The number of carbonyl (C=O) groups is 1. The largest absolute Gasteiger partial charge is 0.497 e. The third-order valence-electron chi connectivity index (χ3n) is 8.20. The summed E-state index contributed by atoms with van der Waals surface area (Å²) in [5, 5.41) is 3.62. The van der Waals surface area contributed by atoms with Gasteiger partial charge in [0.15, 0.2) is 0 Å². The van der Waals surface area contributed by atoms with Crippen LogP contribution in [-0.4, -0.2) is 26.2 Å². The molecule has 5 unspecified atom stereocenters. The van der Waals surface area contributed by atoms with Crippen LogP contribution in [0.2, 0.25) is 0 Å². The Morgan fingerprint density at radius 2 is 1.94 bits per heavy atom. The number of anilines is 1.